The fraction of sp³-hybridized carbons (Fsp3) is 0.400. The SMILES string of the molecule is Nc1ccc(Cl)cc1NC1CCN(CC2COc3ccccc3O2)CC1. The molecule has 2 aliphatic heterocycles. The van der Waals surface area contributed by atoms with Crippen LogP contribution in [0.5, 0.6) is 11.5 Å². The zero-order chi connectivity index (χ0) is 17.9. The van der Waals surface area contributed by atoms with Gasteiger partial charge >= 0.3 is 0 Å². The minimum atomic E-state index is 0.0815. The van der Waals surface area contributed by atoms with E-state index in [0.29, 0.717) is 17.7 Å². The van der Waals surface area contributed by atoms with Crippen molar-refractivity contribution in [3.05, 3.63) is 47.5 Å². The van der Waals surface area contributed by atoms with Crippen LogP contribution in [0.15, 0.2) is 42.5 Å². The monoisotopic (exact) mass is 373 g/mol. The van der Waals surface area contributed by atoms with E-state index in [9.17, 15) is 0 Å². The molecule has 0 aromatic heterocycles. The van der Waals surface area contributed by atoms with Gasteiger partial charge in [0.25, 0.3) is 0 Å². The molecule has 0 bridgehead atoms. The Labute approximate surface area is 159 Å². The second kappa shape index (κ2) is 7.64. The van der Waals surface area contributed by atoms with E-state index in [2.05, 4.69) is 10.2 Å². The van der Waals surface area contributed by atoms with Gasteiger partial charge < -0.3 is 20.5 Å². The molecule has 6 heteroatoms. The van der Waals surface area contributed by atoms with Crippen molar-refractivity contribution >= 4 is 23.0 Å². The molecular weight excluding hydrogens is 350 g/mol. The maximum absolute atomic E-state index is 6.07. The molecule has 0 amide bonds. The Morgan fingerprint density at radius 2 is 1.88 bits per heavy atom. The molecule has 0 aliphatic carbocycles. The van der Waals surface area contributed by atoms with Crippen LogP contribution in [0.1, 0.15) is 12.8 Å². The number of halogens is 1. The zero-order valence-electron chi connectivity index (χ0n) is 14.7. The highest BCUT2D eigenvalue weighted by Gasteiger charge is 2.26. The fourth-order valence-corrected chi connectivity index (χ4v) is 3.75. The molecule has 2 aromatic carbocycles. The average molecular weight is 374 g/mol. The summed E-state index contributed by atoms with van der Waals surface area (Å²) in [4.78, 5) is 2.45. The van der Waals surface area contributed by atoms with Crippen LogP contribution in [-0.4, -0.2) is 43.3 Å². The predicted octanol–water partition coefficient (Wildman–Crippen LogP) is 3.64. The van der Waals surface area contributed by atoms with Crippen molar-refractivity contribution in [3.63, 3.8) is 0 Å². The van der Waals surface area contributed by atoms with Gasteiger partial charge in [0.15, 0.2) is 11.5 Å². The fourth-order valence-electron chi connectivity index (χ4n) is 3.57. The Kier molecular flexibility index (Phi) is 5.09. The molecule has 1 unspecified atom stereocenters. The second-order valence-corrected chi connectivity index (χ2v) is 7.38. The summed E-state index contributed by atoms with van der Waals surface area (Å²) in [5, 5.41) is 4.24. The van der Waals surface area contributed by atoms with Crippen LogP contribution in [0.25, 0.3) is 0 Å². The van der Waals surface area contributed by atoms with E-state index in [1.807, 2.05) is 42.5 Å². The quantitative estimate of drug-likeness (QED) is 0.801. The van der Waals surface area contributed by atoms with Crippen LogP contribution in [-0.2, 0) is 0 Å². The van der Waals surface area contributed by atoms with Crippen molar-refractivity contribution in [2.24, 2.45) is 0 Å². The Morgan fingerprint density at radius 3 is 2.69 bits per heavy atom. The number of nitrogen functional groups attached to an aromatic ring is 1. The maximum Gasteiger partial charge on any atom is 0.161 e. The first-order chi connectivity index (χ1) is 12.7. The molecule has 2 heterocycles. The number of nitrogens with one attached hydrogen (secondary N) is 1. The molecular formula is C20H24ClN3O2. The van der Waals surface area contributed by atoms with Gasteiger partial charge in [-0.3, -0.25) is 4.90 Å². The van der Waals surface area contributed by atoms with Crippen LogP contribution < -0.4 is 20.5 Å². The molecule has 0 radical (unpaired) electrons. The second-order valence-electron chi connectivity index (χ2n) is 6.95. The molecule has 2 aromatic rings. The van der Waals surface area contributed by atoms with Gasteiger partial charge in [0.2, 0.25) is 0 Å². The standard InChI is InChI=1S/C20H24ClN3O2/c21-14-5-6-17(22)18(11-14)23-15-7-9-24(10-8-15)12-16-13-25-19-3-1-2-4-20(19)26-16/h1-6,11,15-16,23H,7-10,12-13,22H2. The van der Waals surface area contributed by atoms with E-state index in [-0.39, 0.29) is 6.10 Å². The lowest BCUT2D eigenvalue weighted by Crippen LogP contribution is -2.46. The highest BCUT2D eigenvalue weighted by Crippen LogP contribution is 2.31. The van der Waals surface area contributed by atoms with Crippen molar-refractivity contribution in [2.75, 3.05) is 37.3 Å². The molecule has 4 rings (SSSR count). The summed E-state index contributed by atoms with van der Waals surface area (Å²) in [6.45, 7) is 3.55. The van der Waals surface area contributed by atoms with Crippen molar-refractivity contribution in [2.45, 2.75) is 25.0 Å². The molecule has 138 valence electrons. The minimum absolute atomic E-state index is 0.0815. The molecule has 2 aliphatic rings. The number of anilines is 2. The summed E-state index contributed by atoms with van der Waals surface area (Å²) >= 11 is 6.07. The Morgan fingerprint density at radius 1 is 1.12 bits per heavy atom. The molecule has 26 heavy (non-hydrogen) atoms. The molecule has 0 spiro atoms. The summed E-state index contributed by atoms with van der Waals surface area (Å²) in [7, 11) is 0. The third kappa shape index (κ3) is 4.00. The lowest BCUT2D eigenvalue weighted by atomic mass is 10.0. The van der Waals surface area contributed by atoms with E-state index in [4.69, 9.17) is 26.8 Å². The molecule has 3 N–H and O–H groups in total. The van der Waals surface area contributed by atoms with Crippen molar-refractivity contribution in [1.29, 1.82) is 0 Å². The molecule has 0 saturated carbocycles. The number of likely N-dealkylation sites (tertiary alicyclic amines) is 1. The smallest absolute Gasteiger partial charge is 0.161 e. The average Bonchev–Trinajstić information content (AvgIpc) is 2.66. The van der Waals surface area contributed by atoms with E-state index < -0.39 is 0 Å². The van der Waals surface area contributed by atoms with Crippen LogP contribution in [0, 0.1) is 0 Å². The number of nitrogens with zero attached hydrogens (tertiary/aromatic N) is 1. The third-order valence-electron chi connectivity index (χ3n) is 4.99. The first-order valence-corrected chi connectivity index (χ1v) is 9.47. The van der Waals surface area contributed by atoms with Gasteiger partial charge in [-0.1, -0.05) is 23.7 Å². The van der Waals surface area contributed by atoms with Crippen molar-refractivity contribution < 1.29 is 9.47 Å². The van der Waals surface area contributed by atoms with Gasteiger partial charge in [0.1, 0.15) is 12.7 Å². The van der Waals surface area contributed by atoms with Crippen molar-refractivity contribution in [3.8, 4) is 11.5 Å². The van der Waals surface area contributed by atoms with Gasteiger partial charge in [-0.25, -0.2) is 0 Å². The number of ether oxygens (including phenoxy) is 2. The Balaban J connectivity index is 1.27. The Bertz CT molecular complexity index is 762. The first kappa shape index (κ1) is 17.3. The van der Waals surface area contributed by atoms with Crippen LogP contribution >= 0.6 is 11.6 Å². The Hall–Kier alpha value is -2.11. The van der Waals surface area contributed by atoms with E-state index in [0.717, 1.165) is 55.3 Å². The molecule has 1 atom stereocenters. The van der Waals surface area contributed by atoms with Gasteiger partial charge in [-0.15, -0.1) is 0 Å². The number of piperidine rings is 1. The number of fused-ring (bicyclic) bond motifs is 1. The zero-order valence-corrected chi connectivity index (χ0v) is 15.4. The number of benzene rings is 2. The predicted molar refractivity (Wildman–Crippen MR) is 105 cm³/mol. The number of hydrogen-bond donors (Lipinski definition) is 2. The molecule has 1 saturated heterocycles. The van der Waals surface area contributed by atoms with Gasteiger partial charge in [0.05, 0.1) is 11.4 Å². The highest BCUT2D eigenvalue weighted by molar-refractivity contribution is 6.31. The third-order valence-corrected chi connectivity index (χ3v) is 5.23. The topological polar surface area (TPSA) is 59.8 Å². The van der Waals surface area contributed by atoms with Gasteiger partial charge in [0, 0.05) is 30.7 Å². The van der Waals surface area contributed by atoms with Gasteiger partial charge in [-0.2, -0.15) is 0 Å². The summed E-state index contributed by atoms with van der Waals surface area (Å²) in [5.41, 5.74) is 7.70. The van der Waals surface area contributed by atoms with E-state index >= 15 is 0 Å². The highest BCUT2D eigenvalue weighted by atomic mass is 35.5. The van der Waals surface area contributed by atoms with Gasteiger partial charge in [-0.05, 0) is 43.2 Å². The number of rotatable bonds is 4. The minimum Gasteiger partial charge on any atom is -0.486 e. The summed E-state index contributed by atoms with van der Waals surface area (Å²) in [6, 6.07) is 13.8. The van der Waals surface area contributed by atoms with E-state index in [1.165, 1.54) is 0 Å². The first-order valence-electron chi connectivity index (χ1n) is 9.10. The number of hydrogen-bond acceptors (Lipinski definition) is 5. The van der Waals surface area contributed by atoms with Crippen molar-refractivity contribution in [1.82, 2.24) is 4.90 Å². The largest absolute Gasteiger partial charge is 0.486 e. The molecule has 1 fully saturated rings. The molecule has 5 nitrogen and oxygen atoms in total. The summed E-state index contributed by atoms with van der Waals surface area (Å²) in [5.74, 6) is 1.68. The summed E-state index contributed by atoms with van der Waals surface area (Å²) < 4.78 is 11.9. The number of para-hydroxylation sites is 2. The number of nitrogens with two attached hydrogens (primary N) is 1. The lowest BCUT2D eigenvalue weighted by molar-refractivity contribution is 0.0523. The normalized spacial score (nSPS) is 20.7. The van der Waals surface area contributed by atoms with E-state index in [1.54, 1.807) is 0 Å². The lowest BCUT2D eigenvalue weighted by Gasteiger charge is -2.36. The van der Waals surface area contributed by atoms with Crippen LogP contribution in [0.3, 0.4) is 0 Å². The maximum atomic E-state index is 6.07. The van der Waals surface area contributed by atoms with Crippen LogP contribution in [0.2, 0.25) is 5.02 Å². The summed E-state index contributed by atoms with van der Waals surface area (Å²) in [6.07, 6.45) is 2.21. The van der Waals surface area contributed by atoms with Crippen LogP contribution in [0.4, 0.5) is 11.4 Å².